The number of rotatable bonds is 3. The van der Waals surface area contributed by atoms with Crippen LogP contribution in [0.15, 0.2) is 28.9 Å². The maximum atomic E-state index is 4.18. The van der Waals surface area contributed by atoms with Crippen LogP contribution in [0.2, 0.25) is 0 Å². The van der Waals surface area contributed by atoms with E-state index < -0.39 is 0 Å². The molecule has 0 saturated carbocycles. The summed E-state index contributed by atoms with van der Waals surface area (Å²) in [5.41, 5.74) is 2.32. The smallest absolute Gasteiger partial charge is 0.0414 e. The van der Waals surface area contributed by atoms with Gasteiger partial charge in [-0.2, -0.15) is 0 Å². The largest absolute Gasteiger partial charge is 0.265 e. The van der Waals surface area contributed by atoms with Gasteiger partial charge in [-0.05, 0) is 26.8 Å². The van der Waals surface area contributed by atoms with Crippen molar-refractivity contribution in [1.82, 2.24) is 0 Å². The highest BCUT2D eigenvalue weighted by Gasteiger charge is 1.81. The van der Waals surface area contributed by atoms with Crippen molar-refractivity contribution in [2.45, 2.75) is 20.8 Å². The molecule has 0 heterocycles. The molecule has 0 atom stereocenters. The Hall–Kier alpha value is -0.370. The minimum Gasteiger partial charge on any atom is -0.265 e. The molecule has 0 aromatic heterocycles. The van der Waals surface area contributed by atoms with E-state index in [1.54, 1.807) is 0 Å². The normalized spacial score (nSPS) is 14.5. The van der Waals surface area contributed by atoms with E-state index in [2.05, 4.69) is 33.9 Å². The SMILES string of the molecule is C/C=C(C)\C=C/N=C(C)CBr. The van der Waals surface area contributed by atoms with E-state index in [-0.39, 0.29) is 0 Å². The highest BCUT2D eigenvalue weighted by atomic mass is 79.9. The second kappa shape index (κ2) is 6.35. The number of aliphatic imine (C=N–C) groups is 1. The first-order valence-corrected chi connectivity index (χ1v) is 4.71. The Kier molecular flexibility index (Phi) is 6.13. The molecule has 1 nitrogen and oxygen atoms in total. The molecule has 0 amide bonds. The molecule has 0 rings (SSSR count). The molecular weight excluding hydrogens is 202 g/mol. The van der Waals surface area contributed by atoms with Crippen LogP contribution in [0.1, 0.15) is 20.8 Å². The fourth-order valence-electron chi connectivity index (χ4n) is 0.413. The zero-order chi connectivity index (χ0) is 8.69. The van der Waals surface area contributed by atoms with Gasteiger partial charge in [0.25, 0.3) is 0 Å². The van der Waals surface area contributed by atoms with Crippen molar-refractivity contribution in [3.8, 4) is 0 Å². The third-order valence-corrected chi connectivity index (χ3v) is 2.09. The summed E-state index contributed by atoms with van der Waals surface area (Å²) in [6.45, 7) is 6.06. The van der Waals surface area contributed by atoms with Crippen LogP contribution in [-0.4, -0.2) is 11.0 Å². The summed E-state index contributed by atoms with van der Waals surface area (Å²) in [6.07, 6.45) is 5.87. The summed E-state index contributed by atoms with van der Waals surface area (Å²) < 4.78 is 0. The minimum atomic E-state index is 0.840. The number of hydrogen-bond acceptors (Lipinski definition) is 1. The van der Waals surface area contributed by atoms with E-state index in [0.717, 1.165) is 11.0 Å². The molecule has 0 fully saturated rings. The van der Waals surface area contributed by atoms with Gasteiger partial charge in [0.05, 0.1) is 0 Å². The molecule has 0 saturated heterocycles. The van der Waals surface area contributed by atoms with Gasteiger partial charge in [0, 0.05) is 17.2 Å². The summed E-state index contributed by atoms with van der Waals surface area (Å²) >= 11 is 3.32. The van der Waals surface area contributed by atoms with Crippen molar-refractivity contribution < 1.29 is 0 Å². The lowest BCUT2D eigenvalue weighted by molar-refractivity contribution is 1.43. The summed E-state index contributed by atoms with van der Waals surface area (Å²) in [5, 5.41) is 0.840. The van der Waals surface area contributed by atoms with E-state index in [0.29, 0.717) is 0 Å². The number of allylic oxidation sites excluding steroid dienone is 3. The quantitative estimate of drug-likeness (QED) is 0.390. The van der Waals surface area contributed by atoms with Crippen LogP contribution in [0.5, 0.6) is 0 Å². The minimum absolute atomic E-state index is 0.840. The zero-order valence-corrected chi connectivity index (χ0v) is 8.85. The lowest BCUT2D eigenvalue weighted by Crippen LogP contribution is -1.88. The Morgan fingerprint density at radius 1 is 1.45 bits per heavy atom. The first-order valence-electron chi connectivity index (χ1n) is 3.59. The molecule has 0 spiro atoms. The van der Waals surface area contributed by atoms with Gasteiger partial charge in [0.2, 0.25) is 0 Å². The van der Waals surface area contributed by atoms with Gasteiger partial charge >= 0.3 is 0 Å². The Labute approximate surface area is 77.0 Å². The summed E-state index contributed by atoms with van der Waals surface area (Å²) in [6, 6.07) is 0. The average Bonchev–Trinajstić information content (AvgIpc) is 2.04. The molecule has 0 unspecified atom stereocenters. The maximum absolute atomic E-state index is 4.18. The molecule has 0 aromatic rings. The highest BCUT2D eigenvalue weighted by Crippen LogP contribution is 1.94. The maximum Gasteiger partial charge on any atom is 0.0414 e. The topological polar surface area (TPSA) is 12.4 Å². The summed E-state index contributed by atoms with van der Waals surface area (Å²) in [7, 11) is 0. The first kappa shape index (κ1) is 10.6. The van der Waals surface area contributed by atoms with Gasteiger partial charge in [-0.3, -0.25) is 4.99 Å². The second-order valence-corrected chi connectivity index (χ2v) is 2.91. The van der Waals surface area contributed by atoms with Crippen molar-refractivity contribution in [3.05, 3.63) is 23.9 Å². The molecule has 0 N–H and O–H groups in total. The summed E-state index contributed by atoms with van der Waals surface area (Å²) in [5.74, 6) is 0. The van der Waals surface area contributed by atoms with Crippen LogP contribution in [0, 0.1) is 0 Å². The predicted molar refractivity (Wildman–Crippen MR) is 55.5 cm³/mol. The van der Waals surface area contributed by atoms with Crippen molar-refractivity contribution >= 4 is 21.6 Å². The van der Waals surface area contributed by atoms with E-state index in [9.17, 15) is 0 Å². The number of alkyl halides is 1. The predicted octanol–water partition coefficient (Wildman–Crippen LogP) is 3.32. The van der Waals surface area contributed by atoms with Gasteiger partial charge in [0.15, 0.2) is 0 Å². The third-order valence-electron chi connectivity index (χ3n) is 1.28. The van der Waals surface area contributed by atoms with Crippen molar-refractivity contribution in [1.29, 1.82) is 0 Å². The fraction of sp³-hybridized carbons (Fsp3) is 0.444. The number of hydrogen-bond donors (Lipinski definition) is 0. The fourth-order valence-corrected chi connectivity index (χ4v) is 0.558. The Morgan fingerprint density at radius 2 is 2.09 bits per heavy atom. The summed E-state index contributed by atoms with van der Waals surface area (Å²) in [4.78, 5) is 4.18. The number of halogens is 1. The van der Waals surface area contributed by atoms with E-state index in [4.69, 9.17) is 0 Å². The van der Waals surface area contributed by atoms with E-state index >= 15 is 0 Å². The van der Waals surface area contributed by atoms with Crippen LogP contribution >= 0.6 is 15.9 Å². The van der Waals surface area contributed by atoms with Crippen LogP contribution < -0.4 is 0 Å². The zero-order valence-electron chi connectivity index (χ0n) is 7.26. The third kappa shape index (κ3) is 6.05. The molecular formula is C9H14BrN. The van der Waals surface area contributed by atoms with Gasteiger partial charge in [-0.1, -0.05) is 27.6 Å². The molecule has 0 aliphatic rings. The van der Waals surface area contributed by atoms with Crippen molar-refractivity contribution in [2.24, 2.45) is 4.99 Å². The first-order chi connectivity index (χ1) is 5.20. The lowest BCUT2D eigenvalue weighted by atomic mass is 10.3. The standard InChI is InChI=1S/C9H14BrN/c1-4-8(2)5-6-11-9(3)7-10/h4-6H,7H2,1-3H3/b6-5-,8-4-,11-9?. The molecule has 0 aromatic carbocycles. The lowest BCUT2D eigenvalue weighted by Gasteiger charge is -1.88. The molecule has 62 valence electrons. The second-order valence-electron chi connectivity index (χ2n) is 2.35. The molecule has 0 aliphatic heterocycles. The average molecular weight is 216 g/mol. The molecule has 2 heteroatoms. The van der Waals surface area contributed by atoms with Crippen LogP contribution in [0.25, 0.3) is 0 Å². The van der Waals surface area contributed by atoms with E-state index in [1.165, 1.54) is 5.57 Å². The van der Waals surface area contributed by atoms with E-state index in [1.807, 2.05) is 26.1 Å². The molecule has 0 bridgehead atoms. The Bertz CT molecular complexity index is 190. The molecule has 0 radical (unpaired) electrons. The van der Waals surface area contributed by atoms with Crippen molar-refractivity contribution in [3.63, 3.8) is 0 Å². The van der Waals surface area contributed by atoms with Crippen LogP contribution in [0.3, 0.4) is 0 Å². The Morgan fingerprint density at radius 3 is 2.55 bits per heavy atom. The van der Waals surface area contributed by atoms with Crippen molar-refractivity contribution in [2.75, 3.05) is 5.33 Å². The van der Waals surface area contributed by atoms with Gasteiger partial charge in [0.1, 0.15) is 0 Å². The van der Waals surface area contributed by atoms with Crippen LogP contribution in [0.4, 0.5) is 0 Å². The molecule has 11 heavy (non-hydrogen) atoms. The Balaban J connectivity index is 3.96. The number of nitrogens with zero attached hydrogens (tertiary/aromatic N) is 1. The van der Waals surface area contributed by atoms with Crippen LogP contribution in [-0.2, 0) is 0 Å². The molecule has 0 aliphatic carbocycles. The van der Waals surface area contributed by atoms with Gasteiger partial charge in [-0.25, -0.2) is 0 Å². The van der Waals surface area contributed by atoms with Gasteiger partial charge < -0.3 is 0 Å². The highest BCUT2D eigenvalue weighted by molar-refractivity contribution is 9.09. The van der Waals surface area contributed by atoms with Gasteiger partial charge in [-0.15, -0.1) is 0 Å². The monoisotopic (exact) mass is 215 g/mol.